The largest absolute Gasteiger partial charge is 0.478 e. The van der Waals surface area contributed by atoms with Crippen LogP contribution in [-0.4, -0.2) is 17.0 Å². The van der Waals surface area contributed by atoms with Crippen LogP contribution in [0.3, 0.4) is 0 Å². The Hall–Kier alpha value is -1.84. The van der Waals surface area contributed by atoms with Crippen LogP contribution in [0.2, 0.25) is 0 Å². The standard InChI is InChI=1S/C19H27NO3/c1-3-5-8-14(7-4-2)18(21)20-16-10-6-9-15(19(22)23)17(16)13-11-12-13/h6,9-10,13-14H,3-5,7-8,11-12H2,1-2H3,(H,20,21)(H,22,23). The van der Waals surface area contributed by atoms with Gasteiger partial charge in [0.25, 0.3) is 0 Å². The van der Waals surface area contributed by atoms with Crippen molar-refractivity contribution in [2.24, 2.45) is 5.92 Å². The molecule has 1 saturated carbocycles. The van der Waals surface area contributed by atoms with Gasteiger partial charge < -0.3 is 10.4 Å². The summed E-state index contributed by atoms with van der Waals surface area (Å²) in [5, 5.41) is 12.4. The lowest BCUT2D eigenvalue weighted by atomic mass is 9.95. The molecule has 0 aliphatic heterocycles. The van der Waals surface area contributed by atoms with Crippen molar-refractivity contribution >= 4 is 17.6 Å². The molecule has 1 atom stereocenters. The number of anilines is 1. The van der Waals surface area contributed by atoms with Crippen molar-refractivity contribution in [2.45, 2.75) is 64.7 Å². The summed E-state index contributed by atoms with van der Waals surface area (Å²) in [6.07, 6.45) is 6.88. The Morgan fingerprint density at radius 3 is 2.52 bits per heavy atom. The molecule has 0 radical (unpaired) electrons. The topological polar surface area (TPSA) is 66.4 Å². The summed E-state index contributed by atoms with van der Waals surface area (Å²) in [5.74, 6) is -0.595. The molecule has 4 nitrogen and oxygen atoms in total. The van der Waals surface area contributed by atoms with Gasteiger partial charge in [0.2, 0.25) is 5.91 Å². The molecule has 0 saturated heterocycles. The molecule has 2 rings (SSSR count). The normalized spacial score (nSPS) is 15.2. The zero-order chi connectivity index (χ0) is 16.8. The number of carboxylic acids is 1. The highest BCUT2D eigenvalue weighted by atomic mass is 16.4. The van der Waals surface area contributed by atoms with Crippen LogP contribution in [0, 0.1) is 5.92 Å². The van der Waals surface area contributed by atoms with Gasteiger partial charge in [-0.3, -0.25) is 4.79 Å². The van der Waals surface area contributed by atoms with E-state index in [4.69, 9.17) is 0 Å². The van der Waals surface area contributed by atoms with E-state index in [0.29, 0.717) is 11.3 Å². The smallest absolute Gasteiger partial charge is 0.336 e. The number of hydrogen-bond donors (Lipinski definition) is 2. The summed E-state index contributed by atoms with van der Waals surface area (Å²) in [5.41, 5.74) is 1.82. The summed E-state index contributed by atoms with van der Waals surface area (Å²) in [4.78, 5) is 24.1. The molecule has 1 aromatic rings. The molecule has 1 aliphatic carbocycles. The minimum atomic E-state index is -0.918. The number of carbonyl (C=O) groups excluding carboxylic acids is 1. The van der Waals surface area contributed by atoms with Gasteiger partial charge in [-0.15, -0.1) is 0 Å². The third-order valence-electron chi connectivity index (χ3n) is 4.49. The maximum atomic E-state index is 12.6. The summed E-state index contributed by atoms with van der Waals surface area (Å²) in [6.45, 7) is 4.22. The van der Waals surface area contributed by atoms with Gasteiger partial charge in [-0.05, 0) is 49.3 Å². The molecule has 0 heterocycles. The minimum absolute atomic E-state index is 0.0143. The van der Waals surface area contributed by atoms with E-state index in [9.17, 15) is 14.7 Å². The summed E-state index contributed by atoms with van der Waals surface area (Å²) in [7, 11) is 0. The van der Waals surface area contributed by atoms with Gasteiger partial charge in [-0.1, -0.05) is 39.2 Å². The van der Waals surface area contributed by atoms with Crippen molar-refractivity contribution in [3.05, 3.63) is 29.3 Å². The Labute approximate surface area is 138 Å². The first-order chi connectivity index (χ1) is 11.1. The molecule has 0 bridgehead atoms. The summed E-state index contributed by atoms with van der Waals surface area (Å²) in [6, 6.07) is 5.18. The molecule has 1 amide bonds. The number of carboxylic acid groups (broad SMARTS) is 1. The molecular weight excluding hydrogens is 290 g/mol. The number of hydrogen-bond acceptors (Lipinski definition) is 2. The van der Waals surface area contributed by atoms with Gasteiger partial charge in [0.1, 0.15) is 0 Å². The van der Waals surface area contributed by atoms with Gasteiger partial charge >= 0.3 is 5.97 Å². The highest BCUT2D eigenvalue weighted by Crippen LogP contribution is 2.45. The molecule has 1 aliphatic rings. The second-order valence-electron chi connectivity index (χ2n) is 6.46. The first-order valence-corrected chi connectivity index (χ1v) is 8.75. The minimum Gasteiger partial charge on any atom is -0.478 e. The van der Waals surface area contributed by atoms with Gasteiger partial charge in [0, 0.05) is 11.6 Å². The van der Waals surface area contributed by atoms with Crippen LogP contribution in [0.5, 0.6) is 0 Å². The van der Waals surface area contributed by atoms with Crippen LogP contribution < -0.4 is 5.32 Å². The maximum Gasteiger partial charge on any atom is 0.336 e. The molecule has 0 spiro atoms. The molecule has 1 aromatic carbocycles. The van der Waals surface area contributed by atoms with E-state index in [2.05, 4.69) is 19.2 Å². The van der Waals surface area contributed by atoms with E-state index in [1.54, 1.807) is 12.1 Å². The highest BCUT2D eigenvalue weighted by molar-refractivity contribution is 5.97. The zero-order valence-electron chi connectivity index (χ0n) is 14.1. The Bertz CT molecular complexity index is 564. The van der Waals surface area contributed by atoms with E-state index < -0.39 is 5.97 Å². The molecule has 2 N–H and O–H groups in total. The van der Waals surface area contributed by atoms with Crippen LogP contribution >= 0.6 is 0 Å². The lowest BCUT2D eigenvalue weighted by Gasteiger charge is -2.18. The SMILES string of the molecule is CCCCC(CCC)C(=O)Nc1cccc(C(=O)O)c1C1CC1. The average molecular weight is 317 g/mol. The zero-order valence-corrected chi connectivity index (χ0v) is 14.1. The highest BCUT2D eigenvalue weighted by Gasteiger charge is 2.31. The fourth-order valence-electron chi connectivity index (χ4n) is 3.11. The van der Waals surface area contributed by atoms with E-state index in [-0.39, 0.29) is 17.7 Å². The van der Waals surface area contributed by atoms with Gasteiger partial charge in [-0.2, -0.15) is 0 Å². The second-order valence-corrected chi connectivity index (χ2v) is 6.46. The van der Waals surface area contributed by atoms with Crippen molar-refractivity contribution in [2.75, 3.05) is 5.32 Å². The van der Waals surface area contributed by atoms with Crippen molar-refractivity contribution in [3.8, 4) is 0 Å². The van der Waals surface area contributed by atoms with Gasteiger partial charge in [-0.25, -0.2) is 4.79 Å². The molecule has 23 heavy (non-hydrogen) atoms. The average Bonchev–Trinajstić information content (AvgIpc) is 3.35. The second kappa shape index (κ2) is 8.14. The molecule has 126 valence electrons. The monoisotopic (exact) mass is 317 g/mol. The first kappa shape index (κ1) is 17.5. The van der Waals surface area contributed by atoms with Crippen LogP contribution in [0.4, 0.5) is 5.69 Å². The maximum absolute atomic E-state index is 12.6. The third-order valence-corrected chi connectivity index (χ3v) is 4.49. The summed E-state index contributed by atoms with van der Waals surface area (Å²) < 4.78 is 0. The number of nitrogens with one attached hydrogen (secondary N) is 1. The number of aromatic carboxylic acids is 1. The predicted octanol–water partition coefficient (Wildman–Crippen LogP) is 4.81. The lowest BCUT2D eigenvalue weighted by Crippen LogP contribution is -2.24. The number of rotatable bonds is 9. The van der Waals surface area contributed by atoms with Crippen molar-refractivity contribution in [3.63, 3.8) is 0 Å². The Balaban J connectivity index is 2.19. The third kappa shape index (κ3) is 4.57. The fourth-order valence-corrected chi connectivity index (χ4v) is 3.11. The molecule has 4 heteroatoms. The fraction of sp³-hybridized carbons (Fsp3) is 0.579. The Kier molecular flexibility index (Phi) is 6.20. The van der Waals surface area contributed by atoms with Crippen LogP contribution in [0.15, 0.2) is 18.2 Å². The van der Waals surface area contributed by atoms with Crippen molar-refractivity contribution in [1.82, 2.24) is 0 Å². The Morgan fingerprint density at radius 2 is 1.96 bits per heavy atom. The summed E-state index contributed by atoms with van der Waals surface area (Å²) >= 11 is 0. The Morgan fingerprint density at radius 1 is 1.22 bits per heavy atom. The van der Waals surface area contributed by atoms with E-state index in [1.807, 2.05) is 6.07 Å². The van der Waals surface area contributed by atoms with Crippen LogP contribution in [0.25, 0.3) is 0 Å². The lowest BCUT2D eigenvalue weighted by molar-refractivity contribution is -0.120. The van der Waals surface area contributed by atoms with Crippen molar-refractivity contribution < 1.29 is 14.7 Å². The van der Waals surface area contributed by atoms with Gasteiger partial charge in [0.15, 0.2) is 0 Å². The van der Waals surface area contributed by atoms with Crippen LogP contribution in [0.1, 0.15) is 80.6 Å². The van der Waals surface area contributed by atoms with E-state index in [0.717, 1.165) is 50.5 Å². The number of unbranched alkanes of at least 4 members (excludes halogenated alkanes) is 1. The molecule has 1 unspecified atom stereocenters. The van der Waals surface area contributed by atoms with Crippen molar-refractivity contribution in [1.29, 1.82) is 0 Å². The van der Waals surface area contributed by atoms with Crippen LogP contribution in [-0.2, 0) is 4.79 Å². The first-order valence-electron chi connectivity index (χ1n) is 8.75. The number of carbonyl (C=O) groups is 2. The number of benzene rings is 1. The van der Waals surface area contributed by atoms with E-state index >= 15 is 0 Å². The van der Waals surface area contributed by atoms with E-state index in [1.165, 1.54) is 0 Å². The molecular formula is C19H27NO3. The molecule has 1 fully saturated rings. The molecule has 0 aromatic heterocycles. The van der Waals surface area contributed by atoms with Gasteiger partial charge in [0.05, 0.1) is 5.56 Å². The predicted molar refractivity (Wildman–Crippen MR) is 91.9 cm³/mol. The number of amides is 1. The quantitative estimate of drug-likeness (QED) is 0.687.